The second kappa shape index (κ2) is 6.91. The highest BCUT2D eigenvalue weighted by molar-refractivity contribution is 5.91. The molecular formula is C21H22N4O3. The number of carbonyl (C=O) groups is 1. The zero-order valence-corrected chi connectivity index (χ0v) is 15.6. The summed E-state index contributed by atoms with van der Waals surface area (Å²) in [7, 11) is 0. The summed E-state index contributed by atoms with van der Waals surface area (Å²) in [6.45, 7) is 4.09. The van der Waals surface area contributed by atoms with Crippen molar-refractivity contribution in [2.75, 3.05) is 26.2 Å². The Balaban J connectivity index is 1.23. The summed E-state index contributed by atoms with van der Waals surface area (Å²) in [5, 5.41) is 4.19. The predicted molar refractivity (Wildman–Crippen MR) is 101 cm³/mol. The van der Waals surface area contributed by atoms with Crippen LogP contribution < -0.4 is 0 Å². The lowest BCUT2D eigenvalue weighted by molar-refractivity contribution is -0.136. The van der Waals surface area contributed by atoms with Crippen LogP contribution in [0.2, 0.25) is 0 Å². The Morgan fingerprint density at radius 3 is 2.64 bits per heavy atom. The molecule has 5 rings (SSSR count). The van der Waals surface area contributed by atoms with Gasteiger partial charge >= 0.3 is 0 Å². The van der Waals surface area contributed by atoms with E-state index in [9.17, 15) is 4.79 Å². The third-order valence-corrected chi connectivity index (χ3v) is 5.71. The van der Waals surface area contributed by atoms with Gasteiger partial charge in [-0.05, 0) is 36.6 Å². The van der Waals surface area contributed by atoms with Crippen molar-refractivity contribution < 1.29 is 13.7 Å². The van der Waals surface area contributed by atoms with E-state index >= 15 is 0 Å². The zero-order valence-electron chi connectivity index (χ0n) is 15.6. The molecule has 1 amide bonds. The lowest BCUT2D eigenvalue weighted by atomic mass is 9.99. The van der Waals surface area contributed by atoms with E-state index in [2.05, 4.69) is 21.1 Å². The Bertz CT molecular complexity index is 939. The molecule has 7 heteroatoms. The van der Waals surface area contributed by atoms with Crippen LogP contribution in [-0.4, -0.2) is 52.0 Å². The van der Waals surface area contributed by atoms with Crippen molar-refractivity contribution in [1.82, 2.24) is 19.9 Å². The molecular weight excluding hydrogens is 356 g/mol. The van der Waals surface area contributed by atoms with Crippen LogP contribution in [0.5, 0.6) is 0 Å². The minimum Gasteiger partial charge on any atom is -0.461 e. The van der Waals surface area contributed by atoms with Crippen LogP contribution >= 0.6 is 0 Å². The second-order valence-electron chi connectivity index (χ2n) is 7.57. The van der Waals surface area contributed by atoms with Crippen molar-refractivity contribution in [3.8, 4) is 11.5 Å². The monoisotopic (exact) mass is 378 g/mol. The molecule has 1 saturated heterocycles. The molecule has 3 aromatic rings. The van der Waals surface area contributed by atoms with Crippen molar-refractivity contribution in [3.05, 3.63) is 60.2 Å². The van der Waals surface area contributed by atoms with Crippen molar-refractivity contribution in [2.45, 2.75) is 24.8 Å². The standard InChI is InChI=1S/C21H22N4O3/c26-20(25-10-8-24(9-11-25)15-16-3-1-7-22-14-16)21(5-6-21)19-13-18(28-23-19)17-4-2-12-27-17/h1-4,7,12-14H,5-6,8-11,15H2. The summed E-state index contributed by atoms with van der Waals surface area (Å²) < 4.78 is 10.8. The first-order valence-electron chi connectivity index (χ1n) is 9.66. The van der Waals surface area contributed by atoms with Crippen LogP contribution in [0.1, 0.15) is 24.1 Å². The zero-order chi connectivity index (χ0) is 19.0. The van der Waals surface area contributed by atoms with E-state index in [-0.39, 0.29) is 5.91 Å². The number of hydrogen-bond acceptors (Lipinski definition) is 6. The molecule has 3 aromatic heterocycles. The van der Waals surface area contributed by atoms with Gasteiger partial charge in [0.2, 0.25) is 11.7 Å². The molecule has 1 aliphatic heterocycles. The first-order chi connectivity index (χ1) is 13.7. The van der Waals surface area contributed by atoms with E-state index in [1.807, 2.05) is 29.3 Å². The Morgan fingerprint density at radius 1 is 1.11 bits per heavy atom. The normalized spacial score (nSPS) is 18.9. The third-order valence-electron chi connectivity index (χ3n) is 5.71. The highest BCUT2D eigenvalue weighted by atomic mass is 16.5. The first kappa shape index (κ1) is 17.2. The maximum Gasteiger partial charge on any atom is 0.235 e. The van der Waals surface area contributed by atoms with Crippen LogP contribution in [-0.2, 0) is 16.8 Å². The number of nitrogens with zero attached hydrogens (tertiary/aromatic N) is 4. The number of carbonyl (C=O) groups excluding carboxylic acids is 1. The van der Waals surface area contributed by atoms with Gasteiger partial charge in [-0.15, -0.1) is 0 Å². The fourth-order valence-corrected chi connectivity index (χ4v) is 3.90. The average molecular weight is 378 g/mol. The summed E-state index contributed by atoms with van der Waals surface area (Å²) in [6, 6.07) is 9.53. The van der Waals surface area contributed by atoms with Gasteiger partial charge in [0, 0.05) is 51.2 Å². The lowest BCUT2D eigenvalue weighted by Gasteiger charge is -2.36. The summed E-state index contributed by atoms with van der Waals surface area (Å²) in [5.74, 6) is 1.37. The maximum atomic E-state index is 13.2. The van der Waals surface area contributed by atoms with Gasteiger partial charge < -0.3 is 13.8 Å². The molecule has 144 valence electrons. The molecule has 0 N–H and O–H groups in total. The summed E-state index contributed by atoms with van der Waals surface area (Å²) >= 11 is 0. The third kappa shape index (κ3) is 3.11. The molecule has 0 spiro atoms. The van der Waals surface area contributed by atoms with Crippen LogP contribution in [0.3, 0.4) is 0 Å². The van der Waals surface area contributed by atoms with Gasteiger partial charge in [-0.2, -0.15) is 0 Å². The Kier molecular flexibility index (Phi) is 4.24. The number of hydrogen-bond donors (Lipinski definition) is 0. The van der Waals surface area contributed by atoms with Crippen molar-refractivity contribution in [3.63, 3.8) is 0 Å². The van der Waals surface area contributed by atoms with Gasteiger partial charge in [-0.1, -0.05) is 11.2 Å². The number of furan rings is 1. The molecule has 7 nitrogen and oxygen atoms in total. The number of piperazine rings is 1. The van der Waals surface area contributed by atoms with E-state index in [0.717, 1.165) is 51.3 Å². The second-order valence-corrected chi connectivity index (χ2v) is 7.57. The number of rotatable bonds is 5. The molecule has 0 atom stereocenters. The van der Waals surface area contributed by atoms with E-state index in [0.29, 0.717) is 11.5 Å². The summed E-state index contributed by atoms with van der Waals surface area (Å²) in [6.07, 6.45) is 6.94. The van der Waals surface area contributed by atoms with Crippen molar-refractivity contribution in [1.29, 1.82) is 0 Å². The summed E-state index contributed by atoms with van der Waals surface area (Å²) in [4.78, 5) is 21.8. The molecule has 0 unspecified atom stereocenters. The molecule has 28 heavy (non-hydrogen) atoms. The predicted octanol–water partition coefficient (Wildman–Crippen LogP) is 2.71. The fraction of sp³-hybridized carbons (Fsp3) is 0.381. The van der Waals surface area contributed by atoms with Crippen LogP contribution in [0.15, 0.2) is 57.9 Å². The van der Waals surface area contributed by atoms with Gasteiger partial charge in [-0.25, -0.2) is 0 Å². The summed E-state index contributed by atoms with van der Waals surface area (Å²) in [5.41, 5.74) is 1.41. The molecule has 0 radical (unpaired) electrons. The Morgan fingerprint density at radius 2 is 1.96 bits per heavy atom. The largest absolute Gasteiger partial charge is 0.461 e. The minimum atomic E-state index is -0.514. The highest BCUT2D eigenvalue weighted by Crippen LogP contribution is 2.50. The average Bonchev–Trinajstić information content (AvgIpc) is 3.14. The molecule has 1 aliphatic carbocycles. The van der Waals surface area contributed by atoms with E-state index in [1.165, 1.54) is 5.56 Å². The molecule has 2 aliphatic rings. The number of aromatic nitrogens is 2. The first-order valence-corrected chi connectivity index (χ1v) is 9.66. The van der Waals surface area contributed by atoms with Crippen LogP contribution in [0.25, 0.3) is 11.5 Å². The van der Waals surface area contributed by atoms with Crippen LogP contribution in [0, 0.1) is 0 Å². The van der Waals surface area contributed by atoms with Gasteiger partial charge in [0.15, 0.2) is 5.76 Å². The quantitative estimate of drug-likeness (QED) is 0.680. The van der Waals surface area contributed by atoms with Gasteiger partial charge in [-0.3, -0.25) is 14.7 Å². The molecule has 2 fully saturated rings. The van der Waals surface area contributed by atoms with Crippen molar-refractivity contribution >= 4 is 5.91 Å². The number of pyridine rings is 1. The molecule has 0 bridgehead atoms. The molecule has 4 heterocycles. The Hall–Kier alpha value is -2.93. The van der Waals surface area contributed by atoms with Crippen LogP contribution in [0.4, 0.5) is 0 Å². The maximum absolute atomic E-state index is 13.2. The van der Waals surface area contributed by atoms with Crippen molar-refractivity contribution in [2.24, 2.45) is 0 Å². The SMILES string of the molecule is O=C(N1CCN(Cc2cccnc2)CC1)C1(c2cc(-c3ccco3)on2)CC1. The molecule has 1 saturated carbocycles. The minimum absolute atomic E-state index is 0.174. The lowest BCUT2D eigenvalue weighted by Crippen LogP contribution is -2.51. The topological polar surface area (TPSA) is 75.6 Å². The Labute approximate surface area is 162 Å². The van der Waals surface area contributed by atoms with E-state index in [1.54, 1.807) is 18.5 Å². The highest BCUT2D eigenvalue weighted by Gasteiger charge is 2.55. The van der Waals surface area contributed by atoms with E-state index < -0.39 is 5.41 Å². The van der Waals surface area contributed by atoms with Gasteiger partial charge in [0.05, 0.1) is 17.4 Å². The molecule has 0 aromatic carbocycles. The fourth-order valence-electron chi connectivity index (χ4n) is 3.90. The number of amides is 1. The van der Waals surface area contributed by atoms with E-state index in [4.69, 9.17) is 8.94 Å². The van der Waals surface area contributed by atoms with Gasteiger partial charge in [0.1, 0.15) is 0 Å². The smallest absolute Gasteiger partial charge is 0.235 e. The van der Waals surface area contributed by atoms with Gasteiger partial charge in [0.25, 0.3) is 0 Å².